The molecule has 30 heavy (non-hydrogen) atoms. The molecule has 156 valence electrons. The Labute approximate surface area is 178 Å². The van der Waals surface area contributed by atoms with Gasteiger partial charge in [-0.1, -0.05) is 26.8 Å². The number of aliphatic hydroxyl groups is 1. The Bertz CT molecular complexity index is 1060. The highest BCUT2D eigenvalue weighted by molar-refractivity contribution is 7.51. The third kappa shape index (κ3) is 3.64. The Balaban J connectivity index is 1.33. The number of nitrogens with zero attached hydrogens (tertiary/aromatic N) is 4. The van der Waals surface area contributed by atoms with Crippen molar-refractivity contribution in [1.82, 2.24) is 19.6 Å². The third-order valence-electron chi connectivity index (χ3n) is 6.42. The zero-order chi connectivity index (χ0) is 20.7. The molecular formula is C23H27N4O2P. The Hall–Kier alpha value is -2.27. The summed E-state index contributed by atoms with van der Waals surface area (Å²) in [7, 11) is 2.47. The molecule has 3 aliphatic rings. The molecule has 7 heteroatoms. The van der Waals surface area contributed by atoms with Gasteiger partial charge in [0.25, 0.3) is 5.91 Å². The summed E-state index contributed by atoms with van der Waals surface area (Å²) < 4.78 is 1.87. The van der Waals surface area contributed by atoms with E-state index in [1.54, 1.807) is 0 Å². The van der Waals surface area contributed by atoms with Crippen LogP contribution in [0, 0.1) is 5.92 Å². The van der Waals surface area contributed by atoms with Gasteiger partial charge in [0.1, 0.15) is 0 Å². The number of β-amino-alcohol motifs (C(OH)–C–C–N with tert-alkyl or cyclic N) is 1. The van der Waals surface area contributed by atoms with Crippen LogP contribution in [0.2, 0.25) is 0 Å². The SMILES string of the molecule is Cn1ncc2cc(C3=CC(=O)N4C=C(C5CCN(CCO)CC5)C=CC4P3)ccc21. The average Bonchev–Trinajstić information content (AvgIpc) is 3.14. The highest BCUT2D eigenvalue weighted by atomic mass is 31.1. The first-order valence-electron chi connectivity index (χ1n) is 10.6. The second kappa shape index (κ2) is 8.10. The van der Waals surface area contributed by atoms with E-state index in [0.717, 1.165) is 54.3 Å². The predicted molar refractivity (Wildman–Crippen MR) is 121 cm³/mol. The molecule has 3 aliphatic heterocycles. The van der Waals surface area contributed by atoms with Crippen LogP contribution in [0.5, 0.6) is 0 Å². The molecule has 4 heterocycles. The molecule has 6 nitrogen and oxygen atoms in total. The molecule has 0 saturated carbocycles. The number of allylic oxidation sites excluding steroid dienone is 2. The Morgan fingerprint density at radius 1 is 1.27 bits per heavy atom. The number of carbonyl (C=O) groups is 1. The van der Waals surface area contributed by atoms with Gasteiger partial charge in [-0.05, 0) is 60.4 Å². The van der Waals surface area contributed by atoms with E-state index < -0.39 is 0 Å². The van der Waals surface area contributed by atoms with Gasteiger partial charge in [-0.2, -0.15) is 5.10 Å². The average molecular weight is 422 g/mol. The lowest BCUT2D eigenvalue weighted by molar-refractivity contribution is -0.123. The Morgan fingerprint density at radius 3 is 2.90 bits per heavy atom. The van der Waals surface area contributed by atoms with Crippen molar-refractivity contribution < 1.29 is 9.90 Å². The number of hydrogen-bond donors (Lipinski definition) is 1. The van der Waals surface area contributed by atoms with E-state index in [1.165, 1.54) is 5.57 Å². The minimum absolute atomic E-state index is 0.0691. The first kappa shape index (κ1) is 19.7. The minimum Gasteiger partial charge on any atom is -0.395 e. The summed E-state index contributed by atoms with van der Waals surface area (Å²) in [6.45, 7) is 3.00. The summed E-state index contributed by atoms with van der Waals surface area (Å²) in [5, 5.41) is 15.7. The van der Waals surface area contributed by atoms with Crippen LogP contribution < -0.4 is 0 Å². The fourth-order valence-corrected chi connectivity index (χ4v) is 6.05. The van der Waals surface area contributed by atoms with Crippen molar-refractivity contribution in [2.45, 2.75) is 18.6 Å². The van der Waals surface area contributed by atoms with Crippen LogP contribution in [0.25, 0.3) is 16.2 Å². The normalized spacial score (nSPS) is 23.7. The lowest BCUT2D eigenvalue weighted by Crippen LogP contribution is -2.38. The minimum atomic E-state index is 0.0691. The molecule has 2 aromatic rings. The number of aryl methyl sites for hydroxylation is 1. The number of amides is 1. The standard InChI is InChI=1S/C23H27N4O2P/c1-25-20-4-2-17(12-19(20)14-24-25)21-13-22(29)27-15-18(3-5-23(27)30-21)16-6-8-26(9-7-16)10-11-28/h2-5,12-16,23,28,30H,6-11H2,1H3. The lowest BCUT2D eigenvalue weighted by atomic mass is 9.88. The highest BCUT2D eigenvalue weighted by Gasteiger charge is 2.31. The molecule has 1 saturated heterocycles. The second-order valence-corrected chi connectivity index (χ2v) is 9.68. The van der Waals surface area contributed by atoms with Crippen molar-refractivity contribution >= 4 is 30.7 Å². The van der Waals surface area contributed by atoms with E-state index in [-0.39, 0.29) is 18.3 Å². The van der Waals surface area contributed by atoms with Crippen molar-refractivity contribution in [3.63, 3.8) is 0 Å². The maximum absolute atomic E-state index is 13.0. The summed E-state index contributed by atoms with van der Waals surface area (Å²) in [4.78, 5) is 17.2. The number of aliphatic hydroxyl groups excluding tert-OH is 1. The number of rotatable bonds is 4. The first-order valence-corrected chi connectivity index (χ1v) is 11.7. The molecule has 0 spiro atoms. The smallest absolute Gasteiger partial charge is 0.252 e. The summed E-state index contributed by atoms with van der Waals surface area (Å²) in [6, 6.07) is 6.32. The van der Waals surface area contributed by atoms with Gasteiger partial charge < -0.3 is 14.9 Å². The van der Waals surface area contributed by atoms with Gasteiger partial charge in [0.2, 0.25) is 0 Å². The Morgan fingerprint density at radius 2 is 2.10 bits per heavy atom. The molecule has 1 fully saturated rings. The maximum atomic E-state index is 13.0. The Kier molecular flexibility index (Phi) is 5.32. The van der Waals surface area contributed by atoms with Gasteiger partial charge in [-0.3, -0.25) is 9.48 Å². The zero-order valence-corrected chi connectivity index (χ0v) is 18.2. The molecule has 1 aromatic heterocycles. The lowest BCUT2D eigenvalue weighted by Gasteiger charge is -2.37. The van der Waals surface area contributed by atoms with Crippen LogP contribution in [0.15, 0.2) is 54.4 Å². The largest absolute Gasteiger partial charge is 0.395 e. The van der Waals surface area contributed by atoms with Crippen molar-refractivity contribution in [3.8, 4) is 0 Å². The van der Waals surface area contributed by atoms with Crippen molar-refractivity contribution in [2.24, 2.45) is 13.0 Å². The van der Waals surface area contributed by atoms with Crippen LogP contribution in [0.4, 0.5) is 0 Å². The van der Waals surface area contributed by atoms with Crippen molar-refractivity contribution in [2.75, 3.05) is 26.2 Å². The molecule has 2 atom stereocenters. The molecule has 0 radical (unpaired) electrons. The number of aromatic nitrogens is 2. The van der Waals surface area contributed by atoms with Gasteiger partial charge in [-0.25, -0.2) is 0 Å². The van der Waals surface area contributed by atoms with Gasteiger partial charge >= 0.3 is 0 Å². The third-order valence-corrected chi connectivity index (χ3v) is 7.93. The number of hydrogen-bond acceptors (Lipinski definition) is 4. The molecule has 5 rings (SSSR count). The number of fused-ring (bicyclic) bond motifs is 2. The molecule has 0 aliphatic carbocycles. The molecule has 2 unspecified atom stereocenters. The number of piperidine rings is 1. The number of carbonyl (C=O) groups excluding carboxylic acids is 1. The van der Waals surface area contributed by atoms with Crippen LogP contribution in [-0.2, 0) is 11.8 Å². The topological polar surface area (TPSA) is 61.6 Å². The van der Waals surface area contributed by atoms with E-state index in [0.29, 0.717) is 14.5 Å². The van der Waals surface area contributed by atoms with E-state index >= 15 is 0 Å². The fourth-order valence-electron chi connectivity index (χ4n) is 4.67. The second-order valence-electron chi connectivity index (χ2n) is 8.26. The van der Waals surface area contributed by atoms with Crippen LogP contribution >= 0.6 is 8.58 Å². The van der Waals surface area contributed by atoms with E-state index in [4.69, 9.17) is 5.11 Å². The monoisotopic (exact) mass is 422 g/mol. The summed E-state index contributed by atoms with van der Waals surface area (Å²) in [5.41, 5.74) is 3.48. The molecule has 1 aromatic carbocycles. The fraction of sp³-hybridized carbons (Fsp3) is 0.391. The highest BCUT2D eigenvalue weighted by Crippen LogP contribution is 2.45. The molecule has 0 bridgehead atoms. The van der Waals surface area contributed by atoms with E-state index in [9.17, 15) is 4.79 Å². The van der Waals surface area contributed by atoms with Gasteiger partial charge in [0, 0.05) is 31.3 Å². The maximum Gasteiger partial charge on any atom is 0.252 e. The van der Waals surface area contributed by atoms with Gasteiger partial charge in [-0.15, -0.1) is 0 Å². The van der Waals surface area contributed by atoms with E-state index in [1.807, 2.05) is 28.9 Å². The number of benzene rings is 1. The zero-order valence-electron chi connectivity index (χ0n) is 17.2. The van der Waals surface area contributed by atoms with Crippen LogP contribution in [0.3, 0.4) is 0 Å². The number of likely N-dealkylation sites (tertiary alicyclic amines) is 1. The van der Waals surface area contributed by atoms with Crippen molar-refractivity contribution in [3.05, 3.63) is 60.0 Å². The summed E-state index contributed by atoms with van der Waals surface area (Å²) >= 11 is 0. The molecule has 1 amide bonds. The summed E-state index contributed by atoms with van der Waals surface area (Å²) in [5.74, 6) is 0.673. The van der Waals surface area contributed by atoms with E-state index in [2.05, 4.69) is 46.5 Å². The quantitative estimate of drug-likeness (QED) is 0.770. The van der Waals surface area contributed by atoms with Gasteiger partial charge in [0.15, 0.2) is 0 Å². The van der Waals surface area contributed by atoms with Crippen LogP contribution in [-0.4, -0.2) is 62.6 Å². The molecule has 1 N–H and O–H groups in total. The van der Waals surface area contributed by atoms with Crippen molar-refractivity contribution in [1.29, 1.82) is 0 Å². The first-order chi connectivity index (χ1) is 14.6. The molecular weight excluding hydrogens is 395 g/mol. The predicted octanol–water partition coefficient (Wildman–Crippen LogP) is 2.92. The van der Waals surface area contributed by atoms with Gasteiger partial charge in [0.05, 0.1) is 24.1 Å². The summed E-state index contributed by atoms with van der Waals surface area (Å²) in [6.07, 6.45) is 12.4. The van der Waals surface area contributed by atoms with Crippen LogP contribution in [0.1, 0.15) is 18.4 Å².